The van der Waals surface area contributed by atoms with Crippen molar-refractivity contribution in [3.8, 4) is 0 Å². The van der Waals surface area contributed by atoms with Crippen LogP contribution in [0, 0.1) is 11.8 Å². The van der Waals surface area contributed by atoms with Crippen LogP contribution in [0.15, 0.2) is 0 Å². The van der Waals surface area contributed by atoms with Crippen molar-refractivity contribution >= 4 is 11.9 Å². The van der Waals surface area contributed by atoms with Gasteiger partial charge in [0.05, 0.1) is 12.1 Å². The summed E-state index contributed by atoms with van der Waals surface area (Å²) in [7, 11) is 0. The second-order valence-electron chi connectivity index (χ2n) is 6.41. The standard InChI is InChI=1S/C15H30N2O3/c1-9(2)7-12(16)14(18)17-13(8-10(3)4)15(19)20-11(5)6/h9-13H,7-8,16H2,1-6H3,(H,17,18). The fraction of sp³-hybridized carbons (Fsp3) is 0.867. The normalized spacial score (nSPS) is 14.5. The number of carbonyl (C=O) groups excluding carboxylic acids is 2. The lowest BCUT2D eigenvalue weighted by Gasteiger charge is -2.23. The van der Waals surface area contributed by atoms with E-state index < -0.39 is 18.1 Å². The van der Waals surface area contributed by atoms with Crippen molar-refractivity contribution in [2.75, 3.05) is 0 Å². The summed E-state index contributed by atoms with van der Waals surface area (Å²) >= 11 is 0. The van der Waals surface area contributed by atoms with Crippen LogP contribution in [0.25, 0.3) is 0 Å². The van der Waals surface area contributed by atoms with Gasteiger partial charge in [0.25, 0.3) is 0 Å². The Kier molecular flexibility index (Phi) is 8.46. The topological polar surface area (TPSA) is 81.4 Å². The smallest absolute Gasteiger partial charge is 0.328 e. The molecule has 0 fully saturated rings. The van der Waals surface area contributed by atoms with Crippen molar-refractivity contribution in [1.29, 1.82) is 0 Å². The molecule has 2 atom stereocenters. The number of esters is 1. The Labute approximate surface area is 122 Å². The van der Waals surface area contributed by atoms with Crippen molar-refractivity contribution < 1.29 is 14.3 Å². The summed E-state index contributed by atoms with van der Waals surface area (Å²) in [5.41, 5.74) is 5.83. The van der Waals surface area contributed by atoms with Gasteiger partial charge in [0.15, 0.2) is 0 Å². The molecule has 0 aliphatic heterocycles. The van der Waals surface area contributed by atoms with Crippen LogP contribution >= 0.6 is 0 Å². The molecule has 2 unspecified atom stereocenters. The molecule has 1 amide bonds. The van der Waals surface area contributed by atoms with Crippen LogP contribution in [-0.4, -0.2) is 30.1 Å². The van der Waals surface area contributed by atoms with Gasteiger partial charge in [0.2, 0.25) is 5.91 Å². The number of hydrogen-bond donors (Lipinski definition) is 2. The van der Waals surface area contributed by atoms with Crippen molar-refractivity contribution in [3.63, 3.8) is 0 Å². The van der Waals surface area contributed by atoms with E-state index in [2.05, 4.69) is 5.32 Å². The largest absolute Gasteiger partial charge is 0.461 e. The lowest BCUT2D eigenvalue weighted by Crippen LogP contribution is -2.50. The Bertz CT molecular complexity index is 314. The number of carbonyl (C=O) groups is 2. The number of nitrogens with one attached hydrogen (secondary N) is 1. The maximum absolute atomic E-state index is 12.0. The summed E-state index contributed by atoms with van der Waals surface area (Å²) in [4.78, 5) is 24.0. The SMILES string of the molecule is CC(C)CC(N)C(=O)NC(CC(C)C)C(=O)OC(C)C. The molecule has 0 aliphatic carbocycles. The van der Waals surface area contributed by atoms with Crippen molar-refractivity contribution in [1.82, 2.24) is 5.32 Å². The predicted molar refractivity (Wildman–Crippen MR) is 80.0 cm³/mol. The fourth-order valence-electron chi connectivity index (χ4n) is 1.89. The van der Waals surface area contributed by atoms with E-state index in [0.29, 0.717) is 18.8 Å². The van der Waals surface area contributed by atoms with Crippen LogP contribution in [0.3, 0.4) is 0 Å². The molecule has 0 radical (unpaired) electrons. The third kappa shape index (κ3) is 8.15. The molecule has 0 saturated carbocycles. The second-order valence-corrected chi connectivity index (χ2v) is 6.41. The molecule has 20 heavy (non-hydrogen) atoms. The van der Waals surface area contributed by atoms with E-state index in [1.165, 1.54) is 0 Å². The Hall–Kier alpha value is -1.10. The molecule has 5 nitrogen and oxygen atoms in total. The molecule has 0 aliphatic rings. The van der Waals surface area contributed by atoms with E-state index in [-0.39, 0.29) is 17.9 Å². The number of rotatable bonds is 8. The molecule has 5 heteroatoms. The van der Waals surface area contributed by atoms with Crippen molar-refractivity contribution in [2.45, 2.75) is 72.6 Å². The molecule has 0 rings (SSSR count). The second kappa shape index (κ2) is 8.95. The van der Waals surface area contributed by atoms with E-state index >= 15 is 0 Å². The maximum Gasteiger partial charge on any atom is 0.328 e. The fourth-order valence-corrected chi connectivity index (χ4v) is 1.89. The summed E-state index contributed by atoms with van der Waals surface area (Å²) in [5.74, 6) is -0.0629. The molecule has 0 aromatic heterocycles. The molecule has 0 spiro atoms. The summed E-state index contributed by atoms with van der Waals surface area (Å²) in [6.45, 7) is 11.6. The first-order valence-electron chi connectivity index (χ1n) is 7.39. The molecule has 3 N–H and O–H groups in total. The highest BCUT2D eigenvalue weighted by molar-refractivity contribution is 5.87. The number of ether oxygens (including phenoxy) is 1. The van der Waals surface area contributed by atoms with E-state index in [1.54, 1.807) is 13.8 Å². The number of amides is 1. The van der Waals surface area contributed by atoms with Gasteiger partial charge in [0.1, 0.15) is 6.04 Å². The van der Waals surface area contributed by atoms with Gasteiger partial charge in [0, 0.05) is 0 Å². The van der Waals surface area contributed by atoms with Crippen LogP contribution in [0.5, 0.6) is 0 Å². The Morgan fingerprint density at radius 3 is 1.90 bits per heavy atom. The average Bonchev–Trinajstić information content (AvgIpc) is 2.25. The monoisotopic (exact) mass is 286 g/mol. The van der Waals surface area contributed by atoms with Crippen molar-refractivity contribution in [3.05, 3.63) is 0 Å². The average molecular weight is 286 g/mol. The van der Waals surface area contributed by atoms with E-state index in [1.807, 2.05) is 27.7 Å². The highest BCUT2D eigenvalue weighted by atomic mass is 16.5. The highest BCUT2D eigenvalue weighted by Gasteiger charge is 2.26. The Morgan fingerprint density at radius 1 is 1.00 bits per heavy atom. The summed E-state index contributed by atoms with van der Waals surface area (Å²) in [6.07, 6.45) is 0.948. The first kappa shape index (κ1) is 18.9. The van der Waals surface area contributed by atoms with E-state index in [4.69, 9.17) is 10.5 Å². The molecule has 0 heterocycles. The van der Waals surface area contributed by atoms with Gasteiger partial charge < -0.3 is 15.8 Å². The molecule has 0 aromatic carbocycles. The van der Waals surface area contributed by atoms with Gasteiger partial charge >= 0.3 is 5.97 Å². The third-order valence-corrected chi connectivity index (χ3v) is 2.72. The van der Waals surface area contributed by atoms with Crippen LogP contribution in [0.2, 0.25) is 0 Å². The van der Waals surface area contributed by atoms with Crippen LogP contribution in [-0.2, 0) is 14.3 Å². The van der Waals surface area contributed by atoms with E-state index in [9.17, 15) is 9.59 Å². The minimum Gasteiger partial charge on any atom is -0.461 e. The molecule has 118 valence electrons. The van der Waals surface area contributed by atoms with Gasteiger partial charge in [-0.15, -0.1) is 0 Å². The lowest BCUT2D eigenvalue weighted by atomic mass is 10.0. The quantitative estimate of drug-likeness (QED) is 0.667. The van der Waals surface area contributed by atoms with Gasteiger partial charge in [-0.05, 0) is 38.5 Å². The molecule has 0 bridgehead atoms. The van der Waals surface area contributed by atoms with Crippen LogP contribution in [0.1, 0.15) is 54.4 Å². The van der Waals surface area contributed by atoms with Crippen LogP contribution < -0.4 is 11.1 Å². The molecular weight excluding hydrogens is 256 g/mol. The Morgan fingerprint density at radius 2 is 1.50 bits per heavy atom. The van der Waals surface area contributed by atoms with Gasteiger partial charge in [-0.2, -0.15) is 0 Å². The number of nitrogens with two attached hydrogens (primary N) is 1. The minimum absolute atomic E-state index is 0.196. The predicted octanol–water partition coefficient (Wildman–Crippen LogP) is 1.84. The van der Waals surface area contributed by atoms with Gasteiger partial charge in [-0.3, -0.25) is 4.79 Å². The van der Waals surface area contributed by atoms with Crippen molar-refractivity contribution in [2.24, 2.45) is 17.6 Å². The number of hydrogen-bond acceptors (Lipinski definition) is 4. The highest BCUT2D eigenvalue weighted by Crippen LogP contribution is 2.09. The Balaban J connectivity index is 4.63. The lowest BCUT2D eigenvalue weighted by molar-refractivity contribution is -0.152. The zero-order valence-corrected chi connectivity index (χ0v) is 13.6. The van der Waals surface area contributed by atoms with Crippen LogP contribution in [0.4, 0.5) is 0 Å². The first-order valence-corrected chi connectivity index (χ1v) is 7.39. The molecular formula is C15H30N2O3. The molecule has 0 aromatic rings. The first-order chi connectivity index (χ1) is 9.13. The molecule has 0 saturated heterocycles. The maximum atomic E-state index is 12.0. The summed E-state index contributed by atoms with van der Waals surface area (Å²) in [6, 6.07) is -1.21. The van der Waals surface area contributed by atoms with E-state index in [0.717, 1.165) is 0 Å². The zero-order chi connectivity index (χ0) is 15.9. The zero-order valence-electron chi connectivity index (χ0n) is 13.6. The van der Waals surface area contributed by atoms with Gasteiger partial charge in [-0.25, -0.2) is 4.79 Å². The summed E-state index contributed by atoms with van der Waals surface area (Å²) in [5, 5.41) is 2.72. The van der Waals surface area contributed by atoms with Gasteiger partial charge in [-0.1, -0.05) is 27.7 Å². The minimum atomic E-state index is -0.622. The third-order valence-electron chi connectivity index (χ3n) is 2.72. The summed E-state index contributed by atoms with van der Waals surface area (Å²) < 4.78 is 5.18.